The number of carbonyl (C=O) groups is 1. The van der Waals surface area contributed by atoms with E-state index in [1.54, 1.807) is 24.1 Å². The van der Waals surface area contributed by atoms with Crippen LogP contribution in [-0.4, -0.2) is 42.7 Å². The highest BCUT2D eigenvalue weighted by Gasteiger charge is 2.16. The average molecular weight is 346 g/mol. The third kappa shape index (κ3) is 4.11. The van der Waals surface area contributed by atoms with Gasteiger partial charge in [0.15, 0.2) is 18.1 Å². The molecular formula is C14H20BrNO4. The van der Waals surface area contributed by atoms with E-state index in [1.807, 2.05) is 13.8 Å². The van der Waals surface area contributed by atoms with Crippen LogP contribution >= 0.6 is 15.9 Å². The molecule has 1 N–H and O–H groups in total. The number of rotatable bonds is 6. The quantitative estimate of drug-likeness (QED) is 0.858. The Balaban J connectivity index is 2.85. The van der Waals surface area contributed by atoms with Crippen molar-refractivity contribution >= 4 is 21.8 Å². The summed E-state index contributed by atoms with van der Waals surface area (Å²) in [5.41, 5.74) is 0.701. The molecule has 112 valence electrons. The van der Waals surface area contributed by atoms with Crippen molar-refractivity contribution in [1.82, 2.24) is 4.90 Å². The third-order valence-corrected chi connectivity index (χ3v) is 3.57. The lowest BCUT2D eigenvalue weighted by Crippen LogP contribution is -2.36. The normalized spacial score (nSPS) is 10.6. The molecule has 0 atom stereocenters. The molecule has 0 heterocycles. The van der Waals surface area contributed by atoms with Crippen molar-refractivity contribution in [2.24, 2.45) is 0 Å². The summed E-state index contributed by atoms with van der Waals surface area (Å²) in [6, 6.07) is 3.53. The second-order valence-electron chi connectivity index (χ2n) is 4.65. The van der Waals surface area contributed by atoms with Gasteiger partial charge in [-0.2, -0.15) is 0 Å². The number of ether oxygens (including phenoxy) is 2. The summed E-state index contributed by atoms with van der Waals surface area (Å²) in [5, 5.41) is 9.15. The van der Waals surface area contributed by atoms with E-state index in [-0.39, 0.29) is 25.2 Å². The van der Waals surface area contributed by atoms with Gasteiger partial charge in [0.05, 0.1) is 18.2 Å². The molecule has 20 heavy (non-hydrogen) atoms. The number of amides is 1. The van der Waals surface area contributed by atoms with E-state index in [9.17, 15) is 4.79 Å². The first-order valence-electron chi connectivity index (χ1n) is 6.26. The van der Waals surface area contributed by atoms with Gasteiger partial charge in [-0.3, -0.25) is 4.79 Å². The minimum absolute atomic E-state index is 0.0673. The number of aliphatic hydroxyl groups excluding tert-OH is 1. The lowest BCUT2D eigenvalue weighted by molar-refractivity contribution is -0.133. The highest BCUT2D eigenvalue weighted by atomic mass is 79.9. The number of carbonyl (C=O) groups excluding carboxylic acids is 1. The summed E-state index contributed by atoms with van der Waals surface area (Å²) < 4.78 is 11.4. The molecule has 0 aliphatic carbocycles. The zero-order valence-corrected chi connectivity index (χ0v) is 13.7. The molecule has 1 aromatic rings. The fourth-order valence-corrected chi connectivity index (χ4v) is 2.13. The smallest absolute Gasteiger partial charge is 0.260 e. The first-order valence-corrected chi connectivity index (χ1v) is 7.05. The first-order chi connectivity index (χ1) is 9.40. The van der Waals surface area contributed by atoms with Gasteiger partial charge in [-0.25, -0.2) is 0 Å². The van der Waals surface area contributed by atoms with Gasteiger partial charge in [0.25, 0.3) is 5.91 Å². The fraction of sp³-hybridized carbons (Fsp3) is 0.500. The van der Waals surface area contributed by atoms with Crippen LogP contribution in [0.4, 0.5) is 0 Å². The van der Waals surface area contributed by atoms with Gasteiger partial charge in [0.1, 0.15) is 0 Å². The molecule has 0 radical (unpaired) electrons. The molecule has 0 unspecified atom stereocenters. The van der Waals surface area contributed by atoms with Crippen molar-refractivity contribution in [2.45, 2.75) is 26.5 Å². The van der Waals surface area contributed by atoms with Gasteiger partial charge in [-0.05, 0) is 47.5 Å². The van der Waals surface area contributed by atoms with Crippen LogP contribution in [0.25, 0.3) is 0 Å². The average Bonchev–Trinajstić information content (AvgIpc) is 2.43. The zero-order valence-electron chi connectivity index (χ0n) is 12.1. The monoisotopic (exact) mass is 345 g/mol. The number of likely N-dealkylation sites (N-methyl/N-ethyl adjacent to an activating group) is 1. The Labute approximate surface area is 127 Å². The number of benzene rings is 1. The van der Waals surface area contributed by atoms with E-state index < -0.39 is 0 Å². The number of halogens is 1. The van der Waals surface area contributed by atoms with E-state index in [2.05, 4.69) is 15.9 Å². The Hall–Kier alpha value is -1.27. The van der Waals surface area contributed by atoms with Gasteiger partial charge < -0.3 is 19.5 Å². The van der Waals surface area contributed by atoms with Crippen LogP contribution in [0.3, 0.4) is 0 Å². The lowest BCUT2D eigenvalue weighted by atomic mass is 10.2. The third-order valence-electron chi connectivity index (χ3n) is 2.98. The molecule has 0 aliphatic heterocycles. The Morgan fingerprint density at radius 1 is 1.45 bits per heavy atom. The summed E-state index contributed by atoms with van der Waals surface area (Å²) in [6.07, 6.45) is 0. The predicted molar refractivity (Wildman–Crippen MR) is 80.0 cm³/mol. The molecule has 0 aromatic heterocycles. The molecule has 6 heteroatoms. The van der Waals surface area contributed by atoms with Gasteiger partial charge in [0, 0.05) is 13.1 Å². The molecule has 0 bridgehead atoms. The summed E-state index contributed by atoms with van der Waals surface area (Å²) >= 11 is 3.35. The van der Waals surface area contributed by atoms with E-state index in [0.717, 1.165) is 0 Å². The van der Waals surface area contributed by atoms with Crippen LogP contribution in [0, 0.1) is 0 Å². The van der Waals surface area contributed by atoms with Crippen molar-refractivity contribution in [3.8, 4) is 11.5 Å². The van der Waals surface area contributed by atoms with E-state index in [4.69, 9.17) is 14.6 Å². The topological polar surface area (TPSA) is 59.0 Å². The Bertz CT molecular complexity index is 476. The van der Waals surface area contributed by atoms with E-state index in [1.165, 1.54) is 7.11 Å². The number of methoxy groups -OCH3 is 1. The van der Waals surface area contributed by atoms with Gasteiger partial charge in [-0.1, -0.05) is 0 Å². The second-order valence-corrected chi connectivity index (χ2v) is 5.51. The van der Waals surface area contributed by atoms with Gasteiger partial charge in [0.2, 0.25) is 0 Å². The maximum atomic E-state index is 11.9. The van der Waals surface area contributed by atoms with Crippen LogP contribution in [-0.2, 0) is 11.4 Å². The van der Waals surface area contributed by atoms with Crippen LogP contribution in [0.15, 0.2) is 16.6 Å². The minimum Gasteiger partial charge on any atom is -0.493 e. The lowest BCUT2D eigenvalue weighted by Gasteiger charge is -2.22. The summed E-state index contributed by atoms with van der Waals surface area (Å²) in [6.45, 7) is 3.71. The summed E-state index contributed by atoms with van der Waals surface area (Å²) in [4.78, 5) is 13.5. The molecule has 0 spiro atoms. The molecule has 0 fully saturated rings. The first kappa shape index (κ1) is 16.8. The van der Waals surface area contributed by atoms with Crippen LogP contribution in [0.5, 0.6) is 11.5 Å². The van der Waals surface area contributed by atoms with Crippen molar-refractivity contribution in [3.63, 3.8) is 0 Å². The molecule has 1 aromatic carbocycles. The number of hydrogen-bond acceptors (Lipinski definition) is 4. The summed E-state index contributed by atoms with van der Waals surface area (Å²) in [5.74, 6) is 0.818. The maximum absolute atomic E-state index is 11.9. The van der Waals surface area contributed by atoms with Crippen molar-refractivity contribution in [3.05, 3.63) is 22.2 Å². The second kappa shape index (κ2) is 7.50. The number of nitrogens with zero attached hydrogens (tertiary/aromatic N) is 1. The molecular weight excluding hydrogens is 326 g/mol. The van der Waals surface area contributed by atoms with Crippen molar-refractivity contribution in [2.75, 3.05) is 20.8 Å². The van der Waals surface area contributed by atoms with Crippen molar-refractivity contribution < 1.29 is 19.4 Å². The van der Waals surface area contributed by atoms with Crippen LogP contribution < -0.4 is 9.47 Å². The standard InChI is InChI=1S/C14H20BrNO4/c1-9(2)16(3)13(18)8-20-14-11(15)5-10(7-17)6-12(14)19-4/h5-6,9,17H,7-8H2,1-4H3. The van der Waals surface area contributed by atoms with Gasteiger partial charge in [-0.15, -0.1) is 0 Å². The van der Waals surface area contributed by atoms with E-state index in [0.29, 0.717) is 21.5 Å². The van der Waals surface area contributed by atoms with E-state index >= 15 is 0 Å². The Morgan fingerprint density at radius 2 is 2.10 bits per heavy atom. The molecule has 1 rings (SSSR count). The Morgan fingerprint density at radius 3 is 2.60 bits per heavy atom. The predicted octanol–water partition coefficient (Wildman–Crippen LogP) is 2.20. The largest absolute Gasteiger partial charge is 0.493 e. The molecule has 0 saturated carbocycles. The Kier molecular flexibility index (Phi) is 6.29. The van der Waals surface area contributed by atoms with Gasteiger partial charge >= 0.3 is 0 Å². The van der Waals surface area contributed by atoms with Crippen molar-refractivity contribution in [1.29, 1.82) is 0 Å². The summed E-state index contributed by atoms with van der Waals surface area (Å²) in [7, 11) is 3.25. The molecule has 5 nitrogen and oxygen atoms in total. The van der Waals surface area contributed by atoms with Crippen LogP contribution in [0.1, 0.15) is 19.4 Å². The fourth-order valence-electron chi connectivity index (χ4n) is 1.53. The number of hydrogen-bond donors (Lipinski definition) is 1. The van der Waals surface area contributed by atoms with Crippen LogP contribution in [0.2, 0.25) is 0 Å². The molecule has 1 amide bonds. The highest BCUT2D eigenvalue weighted by Crippen LogP contribution is 2.36. The maximum Gasteiger partial charge on any atom is 0.260 e. The molecule has 0 saturated heterocycles. The number of aliphatic hydroxyl groups is 1. The zero-order chi connectivity index (χ0) is 15.3. The minimum atomic E-state index is -0.111. The highest BCUT2D eigenvalue weighted by molar-refractivity contribution is 9.10. The molecule has 0 aliphatic rings. The SMILES string of the molecule is COc1cc(CO)cc(Br)c1OCC(=O)N(C)C(C)C.